The Morgan fingerprint density at radius 2 is 1.41 bits per heavy atom. The van der Waals surface area contributed by atoms with Gasteiger partial charge in [0, 0.05) is 31.6 Å². The molecule has 1 fully saturated rings. The van der Waals surface area contributed by atoms with Crippen molar-refractivity contribution in [3.05, 3.63) is 77.9 Å². The number of hydrogen-bond acceptors (Lipinski definition) is 4. The number of ether oxygens (including phenoxy) is 1. The number of rotatable bonds is 6. The largest absolute Gasteiger partial charge is 0.492 e. The summed E-state index contributed by atoms with van der Waals surface area (Å²) in [7, 11) is 0. The van der Waals surface area contributed by atoms with Crippen LogP contribution in [0.5, 0.6) is 5.75 Å². The van der Waals surface area contributed by atoms with Crippen molar-refractivity contribution in [1.29, 1.82) is 0 Å². The zero-order valence-electron chi connectivity index (χ0n) is 17.6. The van der Waals surface area contributed by atoms with Gasteiger partial charge in [-0.2, -0.15) is 0 Å². The van der Waals surface area contributed by atoms with Gasteiger partial charge in [0.25, 0.3) is 5.91 Å². The fourth-order valence-electron chi connectivity index (χ4n) is 3.91. The molecule has 0 saturated carbocycles. The van der Waals surface area contributed by atoms with Gasteiger partial charge in [0.2, 0.25) is 5.91 Å². The maximum atomic E-state index is 12.8. The molecule has 7 nitrogen and oxygen atoms in total. The molecule has 1 aliphatic rings. The van der Waals surface area contributed by atoms with Crippen molar-refractivity contribution in [2.75, 3.05) is 32.8 Å². The summed E-state index contributed by atoms with van der Waals surface area (Å²) >= 11 is 0. The second-order valence-electron chi connectivity index (χ2n) is 7.60. The van der Waals surface area contributed by atoms with Crippen LogP contribution in [0.15, 0.2) is 66.7 Å². The van der Waals surface area contributed by atoms with E-state index < -0.39 is 5.97 Å². The number of benzene rings is 3. The number of carboxylic acids is 1. The van der Waals surface area contributed by atoms with Crippen molar-refractivity contribution in [2.45, 2.75) is 6.42 Å². The fourth-order valence-corrected chi connectivity index (χ4v) is 3.91. The molecule has 1 heterocycles. The highest BCUT2D eigenvalue weighted by Crippen LogP contribution is 2.25. The van der Waals surface area contributed by atoms with Crippen molar-refractivity contribution >= 4 is 28.6 Å². The number of carboxylic acid groups (broad SMARTS) is 1. The van der Waals surface area contributed by atoms with Crippen LogP contribution in [0, 0.1) is 0 Å². The first kappa shape index (κ1) is 21.4. The van der Waals surface area contributed by atoms with Gasteiger partial charge in [-0.05, 0) is 23.6 Å². The molecular formula is C25H24N2O5. The minimum atomic E-state index is -1.13. The minimum absolute atomic E-state index is 0.0124. The highest BCUT2D eigenvalue weighted by Gasteiger charge is 2.27. The van der Waals surface area contributed by atoms with Crippen LogP contribution in [0.25, 0.3) is 10.8 Å². The second-order valence-corrected chi connectivity index (χ2v) is 7.60. The van der Waals surface area contributed by atoms with Crippen molar-refractivity contribution in [2.24, 2.45) is 0 Å². The summed E-state index contributed by atoms with van der Waals surface area (Å²) < 4.78 is 5.87. The van der Waals surface area contributed by atoms with Crippen LogP contribution in [0.1, 0.15) is 27.1 Å². The SMILES string of the molecule is O=C(O)c1ccccc1C(=O)N1CCN(C(=O)CCOc2cccc3ccccc23)CC1. The Hall–Kier alpha value is -3.87. The smallest absolute Gasteiger partial charge is 0.336 e. The van der Waals surface area contributed by atoms with E-state index in [0.717, 1.165) is 16.5 Å². The molecule has 164 valence electrons. The summed E-state index contributed by atoms with van der Waals surface area (Å²) in [6, 6.07) is 20.0. The maximum absolute atomic E-state index is 12.8. The van der Waals surface area contributed by atoms with E-state index in [-0.39, 0.29) is 36.0 Å². The van der Waals surface area contributed by atoms with Gasteiger partial charge in [-0.25, -0.2) is 4.79 Å². The molecule has 7 heteroatoms. The molecule has 1 aliphatic heterocycles. The molecule has 0 radical (unpaired) electrons. The predicted molar refractivity (Wildman–Crippen MR) is 120 cm³/mol. The number of piperazine rings is 1. The van der Waals surface area contributed by atoms with Crippen LogP contribution in [0.3, 0.4) is 0 Å². The number of hydrogen-bond donors (Lipinski definition) is 1. The van der Waals surface area contributed by atoms with E-state index in [9.17, 15) is 19.5 Å². The molecule has 3 aromatic carbocycles. The van der Waals surface area contributed by atoms with Gasteiger partial charge in [0.15, 0.2) is 0 Å². The first-order chi connectivity index (χ1) is 15.5. The predicted octanol–water partition coefficient (Wildman–Crippen LogP) is 3.29. The molecule has 0 spiro atoms. The molecule has 2 amide bonds. The monoisotopic (exact) mass is 432 g/mol. The molecule has 3 aromatic rings. The molecule has 0 unspecified atom stereocenters. The van der Waals surface area contributed by atoms with Gasteiger partial charge in [-0.15, -0.1) is 0 Å². The summed E-state index contributed by atoms with van der Waals surface area (Å²) in [6.45, 7) is 1.82. The van der Waals surface area contributed by atoms with Crippen LogP contribution in [-0.4, -0.2) is 65.5 Å². The number of carbonyl (C=O) groups excluding carboxylic acids is 2. The third-order valence-electron chi connectivity index (χ3n) is 5.63. The lowest BCUT2D eigenvalue weighted by Crippen LogP contribution is -2.51. The van der Waals surface area contributed by atoms with Crippen molar-refractivity contribution in [1.82, 2.24) is 9.80 Å². The first-order valence-electron chi connectivity index (χ1n) is 10.5. The van der Waals surface area contributed by atoms with E-state index in [2.05, 4.69) is 0 Å². The van der Waals surface area contributed by atoms with E-state index >= 15 is 0 Å². The number of fused-ring (bicyclic) bond motifs is 1. The summed E-state index contributed by atoms with van der Waals surface area (Å²) in [5.41, 5.74) is 0.157. The molecule has 4 rings (SSSR count). The molecule has 0 aliphatic carbocycles. The molecule has 32 heavy (non-hydrogen) atoms. The number of carbonyl (C=O) groups is 3. The van der Waals surface area contributed by atoms with Gasteiger partial charge >= 0.3 is 5.97 Å². The zero-order chi connectivity index (χ0) is 22.5. The Morgan fingerprint density at radius 1 is 0.781 bits per heavy atom. The second kappa shape index (κ2) is 9.51. The summed E-state index contributed by atoms with van der Waals surface area (Å²) in [6.07, 6.45) is 0.249. The summed E-state index contributed by atoms with van der Waals surface area (Å²) in [4.78, 5) is 40.1. The number of aromatic carboxylic acids is 1. The number of amides is 2. The lowest BCUT2D eigenvalue weighted by molar-refractivity contribution is -0.133. The third kappa shape index (κ3) is 4.56. The molecule has 0 atom stereocenters. The maximum Gasteiger partial charge on any atom is 0.336 e. The normalized spacial score (nSPS) is 13.8. The van der Waals surface area contributed by atoms with Crippen LogP contribution in [0.4, 0.5) is 0 Å². The van der Waals surface area contributed by atoms with Crippen molar-refractivity contribution in [3.8, 4) is 5.75 Å². The fraction of sp³-hybridized carbons (Fsp3) is 0.240. The molecule has 0 aromatic heterocycles. The van der Waals surface area contributed by atoms with Crippen molar-refractivity contribution < 1.29 is 24.2 Å². The Morgan fingerprint density at radius 3 is 2.16 bits per heavy atom. The van der Waals surface area contributed by atoms with Crippen LogP contribution < -0.4 is 4.74 Å². The standard InChI is InChI=1S/C25H24N2O5/c28-23(12-17-32-22-11-5-7-18-6-1-2-8-19(18)22)26-13-15-27(16-14-26)24(29)20-9-3-4-10-21(20)25(30)31/h1-11H,12-17H2,(H,30,31). The number of nitrogens with zero attached hydrogens (tertiary/aromatic N) is 2. The molecule has 1 N–H and O–H groups in total. The Balaban J connectivity index is 1.29. The van der Waals surface area contributed by atoms with E-state index in [1.807, 2.05) is 42.5 Å². The van der Waals surface area contributed by atoms with Gasteiger partial charge in [-0.1, -0.05) is 48.5 Å². The summed E-state index contributed by atoms with van der Waals surface area (Å²) in [5, 5.41) is 11.4. The first-order valence-corrected chi connectivity index (χ1v) is 10.5. The van der Waals surface area contributed by atoms with Gasteiger partial charge < -0.3 is 19.6 Å². The summed E-state index contributed by atoms with van der Waals surface area (Å²) in [5.74, 6) is -0.727. The Bertz CT molecular complexity index is 1150. The third-order valence-corrected chi connectivity index (χ3v) is 5.63. The molecular weight excluding hydrogens is 408 g/mol. The van der Waals surface area contributed by atoms with E-state index in [4.69, 9.17) is 4.74 Å². The lowest BCUT2D eigenvalue weighted by Gasteiger charge is -2.35. The van der Waals surface area contributed by atoms with E-state index in [0.29, 0.717) is 26.2 Å². The van der Waals surface area contributed by atoms with E-state index in [1.165, 1.54) is 12.1 Å². The Kier molecular flexibility index (Phi) is 6.35. The average molecular weight is 432 g/mol. The Labute approximate surface area is 185 Å². The van der Waals surface area contributed by atoms with E-state index in [1.54, 1.807) is 21.9 Å². The lowest BCUT2D eigenvalue weighted by atomic mass is 10.1. The molecule has 1 saturated heterocycles. The van der Waals surface area contributed by atoms with Crippen LogP contribution in [-0.2, 0) is 4.79 Å². The highest BCUT2D eigenvalue weighted by atomic mass is 16.5. The quantitative estimate of drug-likeness (QED) is 0.646. The topological polar surface area (TPSA) is 87.2 Å². The zero-order valence-corrected chi connectivity index (χ0v) is 17.6. The van der Waals surface area contributed by atoms with Gasteiger partial charge in [0.05, 0.1) is 24.2 Å². The van der Waals surface area contributed by atoms with Crippen LogP contribution in [0.2, 0.25) is 0 Å². The molecule has 0 bridgehead atoms. The van der Waals surface area contributed by atoms with Gasteiger partial charge in [-0.3, -0.25) is 9.59 Å². The highest BCUT2D eigenvalue weighted by molar-refractivity contribution is 6.04. The average Bonchev–Trinajstić information content (AvgIpc) is 2.83. The van der Waals surface area contributed by atoms with Crippen molar-refractivity contribution in [3.63, 3.8) is 0 Å². The van der Waals surface area contributed by atoms with Gasteiger partial charge in [0.1, 0.15) is 5.75 Å². The van der Waals surface area contributed by atoms with Crippen LogP contribution >= 0.6 is 0 Å². The minimum Gasteiger partial charge on any atom is -0.492 e.